The van der Waals surface area contributed by atoms with Gasteiger partial charge in [0.2, 0.25) is 0 Å². The molecule has 1 aliphatic rings. The van der Waals surface area contributed by atoms with Crippen LogP contribution in [0.1, 0.15) is 11.1 Å². The van der Waals surface area contributed by atoms with E-state index in [0.29, 0.717) is 23.0 Å². The second kappa shape index (κ2) is 4.93. The largest absolute Gasteiger partial charge is 0.398 e. The van der Waals surface area contributed by atoms with Crippen molar-refractivity contribution in [1.29, 1.82) is 0 Å². The van der Waals surface area contributed by atoms with Gasteiger partial charge in [-0.05, 0) is 24.3 Å². The summed E-state index contributed by atoms with van der Waals surface area (Å²) in [6.45, 7) is 0. The van der Waals surface area contributed by atoms with Gasteiger partial charge in [0.05, 0.1) is 0 Å². The molecule has 0 amide bonds. The average molecular weight is 266 g/mol. The second-order valence-electron chi connectivity index (χ2n) is 4.32. The SMILES string of the molecule is Nc1ccccc1C1=NNC(c2ccccc2N)=NN1. The summed E-state index contributed by atoms with van der Waals surface area (Å²) in [5, 5.41) is 8.50. The van der Waals surface area contributed by atoms with Crippen LogP contribution in [0.2, 0.25) is 0 Å². The van der Waals surface area contributed by atoms with E-state index in [1.165, 1.54) is 0 Å². The maximum atomic E-state index is 5.90. The maximum Gasteiger partial charge on any atom is 0.175 e. The molecule has 3 rings (SSSR count). The molecule has 20 heavy (non-hydrogen) atoms. The highest BCUT2D eigenvalue weighted by atomic mass is 15.5. The van der Waals surface area contributed by atoms with E-state index in [2.05, 4.69) is 21.1 Å². The molecule has 0 spiro atoms. The number of nitrogens with one attached hydrogen (secondary N) is 2. The molecular weight excluding hydrogens is 252 g/mol. The number of hydrogen-bond acceptors (Lipinski definition) is 6. The van der Waals surface area contributed by atoms with Gasteiger partial charge in [-0.2, -0.15) is 10.2 Å². The molecule has 0 radical (unpaired) electrons. The quantitative estimate of drug-likeness (QED) is 0.611. The fourth-order valence-corrected chi connectivity index (χ4v) is 1.93. The number of nitrogen functional groups attached to an aromatic ring is 2. The lowest BCUT2D eigenvalue weighted by Gasteiger charge is -2.16. The predicted octanol–water partition coefficient (Wildman–Crippen LogP) is 1.07. The van der Waals surface area contributed by atoms with Crippen molar-refractivity contribution >= 4 is 23.0 Å². The molecular formula is C14H14N6. The molecule has 6 nitrogen and oxygen atoms in total. The van der Waals surface area contributed by atoms with Crippen LogP contribution < -0.4 is 22.3 Å². The Morgan fingerprint density at radius 3 is 1.40 bits per heavy atom. The zero-order chi connectivity index (χ0) is 13.9. The van der Waals surface area contributed by atoms with Gasteiger partial charge in [0.1, 0.15) is 0 Å². The van der Waals surface area contributed by atoms with Crippen LogP contribution in [-0.2, 0) is 0 Å². The summed E-state index contributed by atoms with van der Waals surface area (Å²) >= 11 is 0. The normalized spacial score (nSPS) is 13.8. The van der Waals surface area contributed by atoms with E-state index in [9.17, 15) is 0 Å². The molecule has 0 saturated carbocycles. The molecule has 0 aromatic heterocycles. The number of amidine groups is 2. The van der Waals surface area contributed by atoms with Gasteiger partial charge < -0.3 is 11.5 Å². The number of para-hydroxylation sites is 2. The second-order valence-corrected chi connectivity index (χ2v) is 4.32. The third-order valence-electron chi connectivity index (χ3n) is 2.98. The molecule has 0 saturated heterocycles. The zero-order valence-corrected chi connectivity index (χ0v) is 10.7. The van der Waals surface area contributed by atoms with Gasteiger partial charge in [0.15, 0.2) is 11.7 Å². The average Bonchev–Trinajstić information content (AvgIpc) is 2.49. The van der Waals surface area contributed by atoms with Crippen molar-refractivity contribution < 1.29 is 0 Å². The lowest BCUT2D eigenvalue weighted by molar-refractivity contribution is 0.884. The minimum Gasteiger partial charge on any atom is -0.398 e. The predicted molar refractivity (Wildman–Crippen MR) is 81.1 cm³/mol. The van der Waals surface area contributed by atoms with Crippen LogP contribution in [0.25, 0.3) is 0 Å². The van der Waals surface area contributed by atoms with E-state index in [4.69, 9.17) is 11.5 Å². The van der Waals surface area contributed by atoms with Crippen molar-refractivity contribution in [1.82, 2.24) is 10.9 Å². The Bertz CT molecular complexity index is 643. The standard InChI is InChI=1S/C14H14N6/c15-11-7-3-1-5-9(11)13-17-19-14(20-18-13)10-6-2-4-8-12(10)16/h1-8H,15-16H2,(H,17,18)(H,19,20). The third-order valence-corrected chi connectivity index (χ3v) is 2.98. The van der Waals surface area contributed by atoms with Crippen molar-refractivity contribution in [2.45, 2.75) is 0 Å². The Hall–Kier alpha value is -3.02. The fourth-order valence-electron chi connectivity index (χ4n) is 1.93. The molecule has 6 N–H and O–H groups in total. The van der Waals surface area contributed by atoms with E-state index in [-0.39, 0.29) is 0 Å². The minimum absolute atomic E-state index is 0.571. The Balaban J connectivity index is 1.85. The Morgan fingerprint density at radius 1 is 0.650 bits per heavy atom. The molecule has 100 valence electrons. The first-order valence-electron chi connectivity index (χ1n) is 6.13. The highest BCUT2D eigenvalue weighted by Crippen LogP contribution is 2.14. The molecule has 2 aromatic carbocycles. The highest BCUT2D eigenvalue weighted by molar-refractivity contribution is 6.09. The number of nitrogens with zero attached hydrogens (tertiary/aromatic N) is 2. The van der Waals surface area contributed by atoms with Gasteiger partial charge in [-0.25, -0.2) is 0 Å². The summed E-state index contributed by atoms with van der Waals surface area (Å²) in [5.74, 6) is 1.14. The molecule has 0 fully saturated rings. The lowest BCUT2D eigenvalue weighted by Crippen LogP contribution is -2.35. The van der Waals surface area contributed by atoms with E-state index in [1.807, 2.05) is 48.5 Å². The summed E-state index contributed by atoms with van der Waals surface area (Å²) in [6, 6.07) is 14.9. The number of hydrazone groups is 2. The molecule has 6 heteroatoms. The van der Waals surface area contributed by atoms with Gasteiger partial charge in [-0.1, -0.05) is 24.3 Å². The van der Waals surface area contributed by atoms with Crippen LogP contribution >= 0.6 is 0 Å². The minimum atomic E-state index is 0.571. The third kappa shape index (κ3) is 2.14. The number of nitrogens with two attached hydrogens (primary N) is 2. The lowest BCUT2D eigenvalue weighted by atomic mass is 10.1. The van der Waals surface area contributed by atoms with Crippen LogP contribution in [0.4, 0.5) is 11.4 Å². The molecule has 1 heterocycles. The first-order chi connectivity index (χ1) is 9.75. The Labute approximate surface area is 116 Å². The number of hydrogen-bond donors (Lipinski definition) is 4. The number of anilines is 2. The molecule has 0 atom stereocenters. The van der Waals surface area contributed by atoms with Gasteiger partial charge in [0.25, 0.3) is 0 Å². The first kappa shape index (κ1) is 12.0. The molecule has 2 aromatic rings. The van der Waals surface area contributed by atoms with Crippen molar-refractivity contribution in [3.8, 4) is 0 Å². The van der Waals surface area contributed by atoms with E-state index in [1.54, 1.807) is 0 Å². The van der Waals surface area contributed by atoms with Crippen molar-refractivity contribution in [3.05, 3.63) is 59.7 Å². The van der Waals surface area contributed by atoms with Crippen LogP contribution in [0.15, 0.2) is 58.7 Å². The van der Waals surface area contributed by atoms with Crippen molar-refractivity contribution in [3.63, 3.8) is 0 Å². The summed E-state index contributed by atoms with van der Waals surface area (Å²) in [6.07, 6.45) is 0. The zero-order valence-electron chi connectivity index (χ0n) is 10.7. The van der Waals surface area contributed by atoms with Crippen molar-refractivity contribution in [2.75, 3.05) is 11.5 Å². The molecule has 0 unspecified atom stereocenters. The summed E-state index contributed by atoms with van der Waals surface area (Å²) < 4.78 is 0. The van der Waals surface area contributed by atoms with Gasteiger partial charge >= 0.3 is 0 Å². The van der Waals surface area contributed by atoms with Gasteiger partial charge in [-0.15, -0.1) is 0 Å². The first-order valence-corrected chi connectivity index (χ1v) is 6.13. The van der Waals surface area contributed by atoms with E-state index < -0.39 is 0 Å². The monoisotopic (exact) mass is 266 g/mol. The number of rotatable bonds is 2. The molecule has 1 aliphatic heterocycles. The van der Waals surface area contributed by atoms with Crippen LogP contribution in [-0.4, -0.2) is 11.7 Å². The highest BCUT2D eigenvalue weighted by Gasteiger charge is 2.14. The fraction of sp³-hybridized carbons (Fsp3) is 0. The van der Waals surface area contributed by atoms with Crippen LogP contribution in [0.3, 0.4) is 0 Å². The van der Waals surface area contributed by atoms with Gasteiger partial charge in [0, 0.05) is 22.5 Å². The van der Waals surface area contributed by atoms with E-state index in [0.717, 1.165) is 11.1 Å². The summed E-state index contributed by atoms with van der Waals surface area (Å²) in [7, 11) is 0. The summed E-state index contributed by atoms with van der Waals surface area (Å²) in [5.41, 5.74) is 20.5. The topological polar surface area (TPSA) is 101 Å². The Morgan fingerprint density at radius 2 is 1.05 bits per heavy atom. The maximum absolute atomic E-state index is 5.90. The molecule has 0 bridgehead atoms. The van der Waals surface area contributed by atoms with Crippen molar-refractivity contribution in [2.24, 2.45) is 10.2 Å². The van der Waals surface area contributed by atoms with Crippen LogP contribution in [0.5, 0.6) is 0 Å². The smallest absolute Gasteiger partial charge is 0.175 e. The van der Waals surface area contributed by atoms with Crippen LogP contribution in [0, 0.1) is 0 Å². The van der Waals surface area contributed by atoms with E-state index >= 15 is 0 Å². The summed E-state index contributed by atoms with van der Waals surface area (Å²) in [4.78, 5) is 0. The van der Waals surface area contributed by atoms with Gasteiger partial charge in [-0.3, -0.25) is 10.9 Å². The number of benzene rings is 2. The Kier molecular flexibility index (Phi) is 2.96. The molecule has 0 aliphatic carbocycles.